The van der Waals surface area contributed by atoms with E-state index in [0.29, 0.717) is 23.4 Å². The van der Waals surface area contributed by atoms with Crippen molar-refractivity contribution in [3.63, 3.8) is 0 Å². The molecule has 0 N–H and O–H groups in total. The van der Waals surface area contributed by atoms with Gasteiger partial charge >= 0.3 is 0 Å². The van der Waals surface area contributed by atoms with Crippen LogP contribution in [-0.4, -0.2) is 37.4 Å². The first-order chi connectivity index (χ1) is 11.4. The Labute approximate surface area is 145 Å². The molecule has 1 amide bonds. The summed E-state index contributed by atoms with van der Waals surface area (Å²) in [5.41, 5.74) is 3.73. The minimum absolute atomic E-state index is 0.0757. The van der Waals surface area contributed by atoms with Crippen molar-refractivity contribution in [1.29, 1.82) is 0 Å². The van der Waals surface area contributed by atoms with E-state index < -0.39 is 0 Å². The monoisotopic (exact) mass is 343 g/mol. The van der Waals surface area contributed by atoms with Crippen LogP contribution in [-0.2, 0) is 13.0 Å². The average molecular weight is 343 g/mol. The summed E-state index contributed by atoms with van der Waals surface area (Å²) in [6, 6.07) is 1.96. The van der Waals surface area contributed by atoms with Crippen molar-refractivity contribution >= 4 is 22.9 Å². The second-order valence-corrected chi connectivity index (χ2v) is 7.17. The zero-order valence-electron chi connectivity index (χ0n) is 14.6. The Balaban J connectivity index is 1.94. The summed E-state index contributed by atoms with van der Waals surface area (Å²) in [4.78, 5) is 24.8. The molecule has 0 radical (unpaired) electrons. The Kier molecular flexibility index (Phi) is 4.36. The first-order valence-electron chi connectivity index (χ1n) is 7.93. The van der Waals surface area contributed by atoms with Gasteiger partial charge in [0.2, 0.25) is 0 Å². The van der Waals surface area contributed by atoms with Crippen LogP contribution in [0.15, 0.2) is 12.3 Å². The Morgan fingerprint density at radius 1 is 1.33 bits per heavy atom. The van der Waals surface area contributed by atoms with Crippen molar-refractivity contribution in [2.45, 2.75) is 40.7 Å². The van der Waals surface area contributed by atoms with Crippen LogP contribution in [0.25, 0.3) is 5.65 Å². The normalized spacial score (nSPS) is 11.2. The zero-order valence-corrected chi connectivity index (χ0v) is 15.4. The van der Waals surface area contributed by atoms with E-state index in [-0.39, 0.29) is 5.91 Å². The molecule has 0 atom stereocenters. The van der Waals surface area contributed by atoms with Crippen LogP contribution < -0.4 is 0 Å². The molecule has 0 aliphatic carbocycles. The summed E-state index contributed by atoms with van der Waals surface area (Å²) in [5.74, 6) is -0.0757. The molecule has 7 heteroatoms. The van der Waals surface area contributed by atoms with Crippen molar-refractivity contribution in [1.82, 2.24) is 24.5 Å². The number of hydrogen-bond donors (Lipinski definition) is 0. The molecule has 0 aliphatic heterocycles. The van der Waals surface area contributed by atoms with Crippen LogP contribution in [0.5, 0.6) is 0 Å². The number of carbonyl (C=O) groups excluding carboxylic acids is 1. The molecule has 0 bridgehead atoms. The molecule has 3 aromatic heterocycles. The maximum absolute atomic E-state index is 13.0. The highest BCUT2D eigenvalue weighted by Crippen LogP contribution is 2.20. The highest BCUT2D eigenvalue weighted by Gasteiger charge is 2.23. The number of aromatic nitrogens is 4. The predicted molar refractivity (Wildman–Crippen MR) is 94.5 cm³/mol. The first-order valence-corrected chi connectivity index (χ1v) is 8.75. The van der Waals surface area contributed by atoms with Gasteiger partial charge in [0.25, 0.3) is 5.91 Å². The van der Waals surface area contributed by atoms with Crippen LogP contribution >= 0.6 is 11.3 Å². The molecule has 0 saturated carbocycles. The number of thiazole rings is 1. The molecule has 0 unspecified atom stereocenters. The van der Waals surface area contributed by atoms with Crippen molar-refractivity contribution in [3.05, 3.63) is 44.8 Å². The van der Waals surface area contributed by atoms with Gasteiger partial charge in [-0.1, -0.05) is 6.92 Å². The van der Waals surface area contributed by atoms with Gasteiger partial charge in [-0.25, -0.2) is 14.5 Å². The maximum Gasteiger partial charge on any atom is 0.259 e. The standard InChI is InChI=1S/C17H21N5OS/c1-6-13-8-18-14(24-13)9-21(5)17(23)15-12(4)20-22-11(3)7-10(2)19-16(15)22/h7-8H,6,9H2,1-5H3. The predicted octanol–water partition coefficient (Wildman–Crippen LogP) is 2.95. The third-order valence-electron chi connectivity index (χ3n) is 3.95. The molecule has 3 rings (SSSR count). The zero-order chi connectivity index (χ0) is 17.4. The molecule has 0 saturated heterocycles. The fourth-order valence-electron chi connectivity index (χ4n) is 2.73. The topological polar surface area (TPSA) is 63.4 Å². The van der Waals surface area contributed by atoms with Crippen LogP contribution in [0.4, 0.5) is 0 Å². The van der Waals surface area contributed by atoms with Crippen LogP contribution in [0.2, 0.25) is 0 Å². The number of carbonyl (C=O) groups is 1. The van der Waals surface area contributed by atoms with Gasteiger partial charge in [-0.05, 0) is 33.3 Å². The lowest BCUT2D eigenvalue weighted by molar-refractivity contribution is 0.0786. The molecule has 3 aromatic rings. The van der Waals surface area contributed by atoms with E-state index >= 15 is 0 Å². The summed E-state index contributed by atoms with van der Waals surface area (Å²) in [6.07, 6.45) is 2.85. The third kappa shape index (κ3) is 2.91. The van der Waals surface area contributed by atoms with Crippen LogP contribution in [0.1, 0.15) is 44.2 Å². The summed E-state index contributed by atoms with van der Waals surface area (Å²) < 4.78 is 1.74. The Morgan fingerprint density at radius 2 is 2.08 bits per heavy atom. The lowest BCUT2D eigenvalue weighted by Gasteiger charge is -2.15. The number of hydrogen-bond acceptors (Lipinski definition) is 5. The van der Waals surface area contributed by atoms with E-state index in [2.05, 4.69) is 22.0 Å². The fraction of sp³-hybridized carbons (Fsp3) is 0.412. The van der Waals surface area contributed by atoms with Gasteiger partial charge < -0.3 is 4.90 Å². The van der Waals surface area contributed by atoms with Crippen molar-refractivity contribution in [2.24, 2.45) is 0 Å². The molecule has 3 heterocycles. The van der Waals surface area contributed by atoms with E-state index in [1.807, 2.05) is 33.0 Å². The lowest BCUT2D eigenvalue weighted by Crippen LogP contribution is -2.26. The van der Waals surface area contributed by atoms with E-state index in [9.17, 15) is 4.79 Å². The van der Waals surface area contributed by atoms with Gasteiger partial charge in [0.05, 0.1) is 12.2 Å². The summed E-state index contributed by atoms with van der Waals surface area (Å²) in [7, 11) is 1.79. The second-order valence-electron chi connectivity index (χ2n) is 5.97. The molecular formula is C17H21N5OS. The molecule has 6 nitrogen and oxygen atoms in total. The van der Waals surface area contributed by atoms with Gasteiger partial charge in [0.15, 0.2) is 5.65 Å². The van der Waals surface area contributed by atoms with Gasteiger partial charge in [-0.15, -0.1) is 11.3 Å². The average Bonchev–Trinajstić information content (AvgIpc) is 3.10. The molecule has 0 spiro atoms. The lowest BCUT2D eigenvalue weighted by atomic mass is 10.2. The molecule has 0 aliphatic rings. The summed E-state index contributed by atoms with van der Waals surface area (Å²) >= 11 is 1.65. The largest absolute Gasteiger partial charge is 0.335 e. The van der Waals surface area contributed by atoms with E-state index in [1.54, 1.807) is 27.8 Å². The Hall–Kier alpha value is -2.28. The van der Waals surface area contributed by atoms with E-state index in [4.69, 9.17) is 0 Å². The van der Waals surface area contributed by atoms with Crippen molar-refractivity contribution in [2.75, 3.05) is 7.05 Å². The van der Waals surface area contributed by atoms with Crippen LogP contribution in [0.3, 0.4) is 0 Å². The summed E-state index contributed by atoms with van der Waals surface area (Å²) in [5, 5.41) is 5.42. The highest BCUT2D eigenvalue weighted by molar-refractivity contribution is 7.11. The Bertz CT molecular complexity index is 911. The molecule has 0 fully saturated rings. The Morgan fingerprint density at radius 3 is 2.75 bits per heavy atom. The minimum atomic E-state index is -0.0757. The number of aryl methyl sites for hydroxylation is 4. The summed E-state index contributed by atoms with van der Waals surface area (Å²) in [6.45, 7) is 8.34. The smallest absolute Gasteiger partial charge is 0.259 e. The molecule has 24 heavy (non-hydrogen) atoms. The molecule has 126 valence electrons. The van der Waals surface area contributed by atoms with Gasteiger partial charge in [0, 0.05) is 29.5 Å². The SMILES string of the molecule is CCc1cnc(CN(C)C(=O)c2c(C)nn3c(C)cc(C)nc23)s1. The van der Waals surface area contributed by atoms with E-state index in [0.717, 1.165) is 22.8 Å². The number of rotatable bonds is 4. The fourth-order valence-corrected chi connectivity index (χ4v) is 3.64. The highest BCUT2D eigenvalue weighted by atomic mass is 32.1. The number of fused-ring (bicyclic) bond motifs is 1. The maximum atomic E-state index is 13.0. The van der Waals surface area contributed by atoms with Crippen molar-refractivity contribution in [3.8, 4) is 0 Å². The van der Waals surface area contributed by atoms with Crippen LogP contribution in [0, 0.1) is 20.8 Å². The quantitative estimate of drug-likeness (QED) is 0.731. The van der Waals surface area contributed by atoms with Gasteiger partial charge in [-0.2, -0.15) is 5.10 Å². The van der Waals surface area contributed by atoms with E-state index in [1.165, 1.54) is 4.88 Å². The first kappa shape index (κ1) is 16.6. The molecular weight excluding hydrogens is 322 g/mol. The number of amides is 1. The minimum Gasteiger partial charge on any atom is -0.335 e. The van der Waals surface area contributed by atoms with Gasteiger partial charge in [-0.3, -0.25) is 4.79 Å². The van der Waals surface area contributed by atoms with Crippen molar-refractivity contribution < 1.29 is 4.79 Å². The number of nitrogens with zero attached hydrogens (tertiary/aromatic N) is 5. The molecule has 0 aromatic carbocycles. The van der Waals surface area contributed by atoms with Gasteiger partial charge in [0.1, 0.15) is 10.6 Å². The third-order valence-corrected chi connectivity index (χ3v) is 5.08. The second kappa shape index (κ2) is 6.32.